The highest BCUT2D eigenvalue weighted by atomic mass is 16.3. The number of aliphatic hydroxyl groups is 1. The predicted molar refractivity (Wildman–Crippen MR) is 76.1 cm³/mol. The van der Waals surface area contributed by atoms with E-state index < -0.39 is 6.10 Å². The van der Waals surface area contributed by atoms with Crippen LogP contribution in [0.15, 0.2) is 42.7 Å². The van der Waals surface area contributed by atoms with Gasteiger partial charge in [-0.15, -0.1) is 0 Å². The molecule has 2 heteroatoms. The molecule has 0 radical (unpaired) electrons. The quantitative estimate of drug-likeness (QED) is 0.909. The first-order valence-electron chi connectivity index (χ1n) is 6.95. The van der Waals surface area contributed by atoms with Crippen LogP contribution in [-0.2, 0) is 12.8 Å². The Balaban J connectivity index is 1.86. The summed E-state index contributed by atoms with van der Waals surface area (Å²) < 4.78 is 0. The SMILES string of the molecule is CC(c1ccncc1)C(O)c1ccc2c(c1)CCC2. The van der Waals surface area contributed by atoms with Gasteiger partial charge in [0, 0.05) is 18.3 Å². The molecular formula is C17H19NO. The summed E-state index contributed by atoms with van der Waals surface area (Å²) >= 11 is 0. The molecule has 0 aliphatic heterocycles. The van der Waals surface area contributed by atoms with Crippen molar-refractivity contribution in [3.05, 3.63) is 65.0 Å². The lowest BCUT2D eigenvalue weighted by Crippen LogP contribution is -2.08. The zero-order valence-corrected chi connectivity index (χ0v) is 11.2. The van der Waals surface area contributed by atoms with Crippen molar-refractivity contribution in [2.75, 3.05) is 0 Å². The van der Waals surface area contributed by atoms with Crippen LogP contribution in [-0.4, -0.2) is 10.1 Å². The number of hydrogen-bond acceptors (Lipinski definition) is 2. The first-order valence-corrected chi connectivity index (χ1v) is 6.95. The molecule has 19 heavy (non-hydrogen) atoms. The third kappa shape index (κ3) is 2.41. The molecule has 1 aromatic heterocycles. The molecule has 1 N–H and O–H groups in total. The minimum Gasteiger partial charge on any atom is -0.388 e. The minimum atomic E-state index is -0.451. The first kappa shape index (κ1) is 12.4. The molecule has 0 amide bonds. The number of aliphatic hydroxyl groups excluding tert-OH is 1. The molecular weight excluding hydrogens is 234 g/mol. The molecule has 1 aliphatic rings. The van der Waals surface area contributed by atoms with E-state index in [4.69, 9.17) is 0 Å². The summed E-state index contributed by atoms with van der Waals surface area (Å²) in [5.41, 5.74) is 5.03. The molecule has 0 fully saturated rings. The molecule has 1 aliphatic carbocycles. The van der Waals surface area contributed by atoms with Crippen LogP contribution in [0.4, 0.5) is 0 Å². The topological polar surface area (TPSA) is 33.1 Å². The summed E-state index contributed by atoms with van der Waals surface area (Å²) in [7, 11) is 0. The fourth-order valence-electron chi connectivity index (χ4n) is 2.91. The number of fused-ring (bicyclic) bond motifs is 1. The molecule has 2 atom stereocenters. The molecule has 1 heterocycles. The summed E-state index contributed by atoms with van der Waals surface area (Å²) in [5.74, 6) is 0.0856. The Hall–Kier alpha value is -1.67. The van der Waals surface area contributed by atoms with E-state index in [1.54, 1.807) is 12.4 Å². The van der Waals surface area contributed by atoms with Gasteiger partial charge >= 0.3 is 0 Å². The summed E-state index contributed by atoms with van der Waals surface area (Å²) in [6, 6.07) is 10.4. The summed E-state index contributed by atoms with van der Waals surface area (Å²) in [4.78, 5) is 4.03. The van der Waals surface area contributed by atoms with E-state index in [0.717, 1.165) is 17.5 Å². The fourth-order valence-corrected chi connectivity index (χ4v) is 2.91. The van der Waals surface area contributed by atoms with Crippen LogP contribution in [0.2, 0.25) is 0 Å². The highest BCUT2D eigenvalue weighted by molar-refractivity contribution is 5.37. The lowest BCUT2D eigenvalue weighted by molar-refractivity contribution is 0.151. The van der Waals surface area contributed by atoms with E-state index in [9.17, 15) is 5.11 Å². The zero-order valence-electron chi connectivity index (χ0n) is 11.2. The van der Waals surface area contributed by atoms with Gasteiger partial charge in [-0.1, -0.05) is 25.1 Å². The van der Waals surface area contributed by atoms with Crippen molar-refractivity contribution in [1.82, 2.24) is 4.98 Å². The van der Waals surface area contributed by atoms with E-state index in [0.29, 0.717) is 0 Å². The second-order valence-corrected chi connectivity index (χ2v) is 5.40. The Morgan fingerprint density at radius 1 is 1.00 bits per heavy atom. The third-order valence-electron chi connectivity index (χ3n) is 4.17. The Bertz CT molecular complexity index is 565. The Kier molecular flexibility index (Phi) is 3.34. The maximum absolute atomic E-state index is 10.6. The van der Waals surface area contributed by atoms with Gasteiger partial charge in [0.15, 0.2) is 0 Å². The molecule has 0 saturated carbocycles. The van der Waals surface area contributed by atoms with Crippen LogP contribution in [0.3, 0.4) is 0 Å². The highest BCUT2D eigenvalue weighted by Gasteiger charge is 2.20. The average Bonchev–Trinajstić information content (AvgIpc) is 2.94. The number of hydrogen-bond donors (Lipinski definition) is 1. The van der Waals surface area contributed by atoms with Crippen LogP contribution < -0.4 is 0 Å². The van der Waals surface area contributed by atoms with Crippen LogP contribution in [0.5, 0.6) is 0 Å². The van der Waals surface area contributed by atoms with Crippen molar-refractivity contribution in [2.24, 2.45) is 0 Å². The minimum absolute atomic E-state index is 0.0856. The molecule has 0 spiro atoms. The maximum atomic E-state index is 10.6. The van der Waals surface area contributed by atoms with Gasteiger partial charge in [-0.2, -0.15) is 0 Å². The Labute approximate surface area is 114 Å². The number of benzene rings is 1. The van der Waals surface area contributed by atoms with Gasteiger partial charge in [0.05, 0.1) is 6.10 Å². The largest absolute Gasteiger partial charge is 0.388 e. The second kappa shape index (κ2) is 5.14. The summed E-state index contributed by atoms with van der Waals surface area (Å²) in [6.07, 6.45) is 6.69. The van der Waals surface area contributed by atoms with Gasteiger partial charge in [-0.05, 0) is 53.6 Å². The molecule has 1 aromatic carbocycles. The van der Waals surface area contributed by atoms with Crippen LogP contribution in [0.25, 0.3) is 0 Å². The normalized spacial score (nSPS) is 16.9. The first-order chi connectivity index (χ1) is 9.25. The van der Waals surface area contributed by atoms with Gasteiger partial charge < -0.3 is 5.11 Å². The van der Waals surface area contributed by atoms with E-state index in [-0.39, 0.29) is 5.92 Å². The fraction of sp³-hybridized carbons (Fsp3) is 0.353. The van der Waals surface area contributed by atoms with Gasteiger partial charge in [0.1, 0.15) is 0 Å². The molecule has 2 nitrogen and oxygen atoms in total. The number of pyridine rings is 1. The van der Waals surface area contributed by atoms with Gasteiger partial charge in [-0.25, -0.2) is 0 Å². The molecule has 0 bridgehead atoms. The van der Waals surface area contributed by atoms with Gasteiger partial charge in [-0.3, -0.25) is 4.98 Å². The van der Waals surface area contributed by atoms with Crippen molar-refractivity contribution in [3.8, 4) is 0 Å². The van der Waals surface area contributed by atoms with Crippen LogP contribution >= 0.6 is 0 Å². The van der Waals surface area contributed by atoms with Gasteiger partial charge in [0.2, 0.25) is 0 Å². The summed E-state index contributed by atoms with van der Waals surface area (Å²) in [5, 5.41) is 10.6. The molecule has 2 aromatic rings. The Morgan fingerprint density at radius 2 is 1.74 bits per heavy atom. The lowest BCUT2D eigenvalue weighted by atomic mass is 9.90. The van der Waals surface area contributed by atoms with Crippen molar-refractivity contribution >= 4 is 0 Å². The smallest absolute Gasteiger partial charge is 0.0855 e. The van der Waals surface area contributed by atoms with E-state index in [1.807, 2.05) is 12.1 Å². The highest BCUT2D eigenvalue weighted by Crippen LogP contribution is 2.32. The van der Waals surface area contributed by atoms with E-state index in [2.05, 4.69) is 30.1 Å². The lowest BCUT2D eigenvalue weighted by Gasteiger charge is -2.20. The number of nitrogens with zero attached hydrogens (tertiary/aromatic N) is 1. The van der Waals surface area contributed by atoms with E-state index >= 15 is 0 Å². The number of rotatable bonds is 3. The average molecular weight is 253 g/mol. The van der Waals surface area contributed by atoms with Crippen molar-refractivity contribution in [1.29, 1.82) is 0 Å². The third-order valence-corrected chi connectivity index (χ3v) is 4.17. The standard InChI is InChI=1S/C17H19NO/c1-12(13-7-9-18-10-8-13)17(19)16-6-5-14-3-2-4-15(14)11-16/h5-12,17,19H,2-4H2,1H3. The predicted octanol–water partition coefficient (Wildman–Crippen LogP) is 3.41. The molecule has 2 unspecified atom stereocenters. The van der Waals surface area contributed by atoms with Gasteiger partial charge in [0.25, 0.3) is 0 Å². The number of aromatic nitrogens is 1. The zero-order chi connectivity index (χ0) is 13.2. The summed E-state index contributed by atoms with van der Waals surface area (Å²) in [6.45, 7) is 2.06. The van der Waals surface area contributed by atoms with Crippen molar-refractivity contribution < 1.29 is 5.11 Å². The monoisotopic (exact) mass is 253 g/mol. The number of aryl methyl sites for hydroxylation is 2. The van der Waals surface area contributed by atoms with Crippen LogP contribution in [0, 0.1) is 0 Å². The Morgan fingerprint density at radius 3 is 2.53 bits per heavy atom. The second-order valence-electron chi connectivity index (χ2n) is 5.40. The van der Waals surface area contributed by atoms with Crippen molar-refractivity contribution in [3.63, 3.8) is 0 Å². The van der Waals surface area contributed by atoms with Crippen LogP contribution in [0.1, 0.15) is 47.6 Å². The molecule has 98 valence electrons. The van der Waals surface area contributed by atoms with E-state index in [1.165, 1.54) is 24.0 Å². The molecule has 3 rings (SSSR count). The van der Waals surface area contributed by atoms with Crippen molar-refractivity contribution in [2.45, 2.75) is 38.2 Å². The molecule has 0 saturated heterocycles. The maximum Gasteiger partial charge on any atom is 0.0855 e.